The highest BCUT2D eigenvalue weighted by atomic mass is 31.2. The summed E-state index contributed by atoms with van der Waals surface area (Å²) in [4.78, 5) is 58.6. The van der Waals surface area contributed by atoms with Crippen LogP contribution in [0.1, 0.15) is 329 Å². The molecule has 5 atom stereocenters. The van der Waals surface area contributed by atoms with Gasteiger partial charge in [0.25, 0.3) is 0 Å². The molecule has 4 N–H and O–H groups in total. The van der Waals surface area contributed by atoms with Crippen molar-refractivity contribution in [2.75, 3.05) is 39.6 Å². The molecule has 0 aliphatic rings. The number of carbonyl (C=O) groups is 3. The summed E-state index contributed by atoms with van der Waals surface area (Å²) in [5.41, 5.74) is 0. The smallest absolute Gasteiger partial charge is 0.463 e. The molecule has 18 heteroatoms. The third-order valence-corrected chi connectivity index (χ3v) is 18.6. The fraction of sp³-hybridized carbons (Fsp3) is 0.723. The second-order valence-electron chi connectivity index (χ2n) is 26.5. The zero-order chi connectivity index (χ0) is 73.7. The Bertz CT molecular complexity index is 2320. The number of hydrogen-bond donors (Lipinski definition) is 4. The maximum Gasteiger partial charge on any atom is 0.472 e. The van der Waals surface area contributed by atoms with Gasteiger partial charge in [-0.3, -0.25) is 32.5 Å². The topological polar surface area (TPSA) is 231 Å². The molecule has 0 heterocycles. The van der Waals surface area contributed by atoms with Crippen LogP contribution in [0.5, 0.6) is 0 Å². The van der Waals surface area contributed by atoms with Crippen molar-refractivity contribution in [3.8, 4) is 0 Å². The SMILES string of the molecule is CC/C=C\C/C=C\C/C=C\C/C=C\C/C=C\C/C=C\CCCCCCCCCCC(=O)OCC(O)COP(=O)(O)OCC(O)COP(=O)(O)OCC(COC(=O)CCCCCCCCCCCCC/C=C\C/C=C\C/C=C\C/C=C\CCCCC)OC(=O)CCCCCCCCCCCCC. The average Bonchev–Trinajstić information content (AvgIpc) is 0.947. The van der Waals surface area contributed by atoms with E-state index in [0.717, 1.165) is 148 Å². The quantitative estimate of drug-likeness (QED) is 0.0146. The van der Waals surface area contributed by atoms with Crippen molar-refractivity contribution in [2.24, 2.45) is 0 Å². The molecule has 0 aromatic carbocycles. The van der Waals surface area contributed by atoms with E-state index in [0.29, 0.717) is 19.3 Å². The molecule has 0 amide bonds. The first-order chi connectivity index (χ1) is 49.2. The van der Waals surface area contributed by atoms with Crippen LogP contribution in [-0.4, -0.2) is 95.9 Å². The number of aliphatic hydroxyl groups is 2. The van der Waals surface area contributed by atoms with E-state index in [1.54, 1.807) is 0 Å². The van der Waals surface area contributed by atoms with Gasteiger partial charge in [0.15, 0.2) is 6.10 Å². The van der Waals surface area contributed by atoms with E-state index in [1.165, 1.54) is 122 Å². The van der Waals surface area contributed by atoms with Gasteiger partial charge in [-0.15, -0.1) is 0 Å². The lowest BCUT2D eigenvalue weighted by Gasteiger charge is -2.21. The number of phosphoric ester groups is 2. The van der Waals surface area contributed by atoms with Crippen molar-refractivity contribution >= 4 is 33.6 Å². The summed E-state index contributed by atoms with van der Waals surface area (Å²) in [5.74, 6) is -1.58. The predicted octanol–water partition coefficient (Wildman–Crippen LogP) is 23.3. The standard InChI is InChI=1S/C83H144O16P2/c1-4-7-10-13-16-19-22-24-26-28-30-32-34-36-38-40-42-44-46-48-50-52-55-57-60-63-66-69-81(86)93-72-78(84)73-95-100(89,90)96-74-79(85)75-97-101(91,92)98-77-80(99-83(88)71-68-65-62-59-54-21-18-15-12-9-6-3)76-94-82(87)70-67-64-61-58-56-53-51-49-47-45-43-41-39-37-35-33-31-29-27-25-23-20-17-14-11-8-5-2/h7,10,16-17,19-20,24-27,30-33,36-39,42,44,78-80,84-85H,4-6,8-9,11-15,18,21-23,28-29,34-35,40-41,43,45-77H2,1-3H3,(H,89,90)(H,91,92)/b10-7-,19-16-,20-17-,26-24-,27-25-,32-30-,33-31-,38-36-,39-37-,44-42-. The van der Waals surface area contributed by atoms with Crippen molar-refractivity contribution in [2.45, 2.75) is 347 Å². The van der Waals surface area contributed by atoms with Crippen LogP contribution in [0, 0.1) is 0 Å². The van der Waals surface area contributed by atoms with Crippen LogP contribution in [0.25, 0.3) is 0 Å². The van der Waals surface area contributed by atoms with E-state index in [4.69, 9.17) is 32.3 Å². The molecule has 0 saturated heterocycles. The van der Waals surface area contributed by atoms with Crippen LogP contribution in [0.2, 0.25) is 0 Å². The van der Waals surface area contributed by atoms with Crippen molar-refractivity contribution < 1.29 is 75.8 Å². The zero-order valence-corrected chi connectivity index (χ0v) is 65.3. The molecule has 0 spiro atoms. The number of phosphoric acid groups is 2. The Kier molecular flexibility index (Phi) is 72.6. The number of ether oxygens (including phenoxy) is 3. The van der Waals surface area contributed by atoms with Crippen LogP contribution in [0.3, 0.4) is 0 Å². The van der Waals surface area contributed by atoms with Gasteiger partial charge in [-0.2, -0.15) is 0 Å². The molecule has 0 aliphatic heterocycles. The van der Waals surface area contributed by atoms with Gasteiger partial charge in [-0.05, 0) is 116 Å². The zero-order valence-electron chi connectivity index (χ0n) is 63.5. The molecule has 582 valence electrons. The van der Waals surface area contributed by atoms with Crippen molar-refractivity contribution in [1.82, 2.24) is 0 Å². The van der Waals surface area contributed by atoms with Crippen molar-refractivity contribution in [1.29, 1.82) is 0 Å². The van der Waals surface area contributed by atoms with Gasteiger partial charge < -0.3 is 34.2 Å². The van der Waals surface area contributed by atoms with Gasteiger partial charge in [0.1, 0.15) is 25.4 Å². The number of unbranched alkanes of at least 4 members (excludes halogenated alkanes) is 32. The third-order valence-electron chi connectivity index (χ3n) is 16.7. The van der Waals surface area contributed by atoms with Gasteiger partial charge in [-0.1, -0.05) is 316 Å². The van der Waals surface area contributed by atoms with E-state index in [9.17, 15) is 43.5 Å². The van der Waals surface area contributed by atoms with E-state index in [1.807, 2.05) is 0 Å². The molecular formula is C83H144O16P2. The van der Waals surface area contributed by atoms with Crippen LogP contribution in [0.4, 0.5) is 0 Å². The molecule has 101 heavy (non-hydrogen) atoms. The minimum absolute atomic E-state index is 0.106. The van der Waals surface area contributed by atoms with Crippen LogP contribution < -0.4 is 0 Å². The Hall–Kier alpha value is -4.05. The summed E-state index contributed by atoms with van der Waals surface area (Å²) in [5, 5.41) is 20.6. The van der Waals surface area contributed by atoms with Gasteiger partial charge in [0.2, 0.25) is 0 Å². The number of esters is 3. The molecule has 0 radical (unpaired) electrons. The van der Waals surface area contributed by atoms with E-state index >= 15 is 0 Å². The second-order valence-corrected chi connectivity index (χ2v) is 29.4. The monoisotopic (exact) mass is 1460 g/mol. The Morgan fingerprint density at radius 2 is 0.525 bits per heavy atom. The lowest BCUT2D eigenvalue weighted by atomic mass is 10.0. The summed E-state index contributed by atoms with van der Waals surface area (Å²) in [6.07, 6.45) is 89.7. The molecule has 0 aromatic heterocycles. The summed E-state index contributed by atoms with van der Waals surface area (Å²) in [6.45, 7) is 2.54. The molecule has 0 rings (SSSR count). The molecule has 0 bridgehead atoms. The molecular weight excluding hydrogens is 1310 g/mol. The number of aliphatic hydroxyl groups excluding tert-OH is 2. The number of carbonyl (C=O) groups excluding carboxylic acids is 3. The number of allylic oxidation sites excluding steroid dienone is 20. The summed E-state index contributed by atoms with van der Waals surface area (Å²) in [7, 11) is -9.78. The minimum atomic E-state index is -4.93. The summed E-state index contributed by atoms with van der Waals surface area (Å²) < 4.78 is 61.1. The largest absolute Gasteiger partial charge is 0.472 e. The van der Waals surface area contributed by atoms with Crippen molar-refractivity contribution in [3.05, 3.63) is 122 Å². The number of hydrogen-bond acceptors (Lipinski definition) is 14. The van der Waals surface area contributed by atoms with Gasteiger partial charge in [-0.25, -0.2) is 9.13 Å². The molecule has 0 aliphatic carbocycles. The maximum absolute atomic E-state index is 12.9. The Morgan fingerprint density at radius 1 is 0.287 bits per heavy atom. The van der Waals surface area contributed by atoms with E-state index < -0.39 is 91.5 Å². The van der Waals surface area contributed by atoms with Gasteiger partial charge >= 0.3 is 33.6 Å². The lowest BCUT2D eigenvalue weighted by molar-refractivity contribution is -0.161. The predicted molar refractivity (Wildman–Crippen MR) is 417 cm³/mol. The van der Waals surface area contributed by atoms with E-state index in [-0.39, 0.29) is 19.3 Å². The fourth-order valence-electron chi connectivity index (χ4n) is 10.6. The molecule has 0 aromatic rings. The normalized spacial score (nSPS) is 14.6. The highest BCUT2D eigenvalue weighted by Gasteiger charge is 2.29. The van der Waals surface area contributed by atoms with Crippen LogP contribution in [0.15, 0.2) is 122 Å². The highest BCUT2D eigenvalue weighted by molar-refractivity contribution is 7.47. The molecule has 0 saturated carbocycles. The Balaban J connectivity index is 4.48. The first-order valence-electron chi connectivity index (χ1n) is 39.8. The Morgan fingerprint density at radius 3 is 0.851 bits per heavy atom. The molecule has 16 nitrogen and oxygen atoms in total. The fourth-order valence-corrected chi connectivity index (χ4v) is 12.2. The second kappa shape index (κ2) is 75.6. The van der Waals surface area contributed by atoms with Crippen LogP contribution in [-0.2, 0) is 55.8 Å². The maximum atomic E-state index is 12.9. The van der Waals surface area contributed by atoms with Crippen molar-refractivity contribution in [3.63, 3.8) is 0 Å². The first-order valence-corrected chi connectivity index (χ1v) is 42.8. The van der Waals surface area contributed by atoms with E-state index in [2.05, 4.69) is 142 Å². The number of rotatable bonds is 75. The Labute approximate surface area is 614 Å². The summed E-state index contributed by atoms with van der Waals surface area (Å²) in [6, 6.07) is 0. The van der Waals surface area contributed by atoms with Gasteiger partial charge in [0.05, 0.1) is 26.4 Å². The molecule has 5 unspecified atom stereocenters. The first kappa shape index (κ1) is 97.0. The average molecular weight is 1460 g/mol. The minimum Gasteiger partial charge on any atom is -0.463 e. The highest BCUT2D eigenvalue weighted by Crippen LogP contribution is 2.45. The summed E-state index contributed by atoms with van der Waals surface area (Å²) >= 11 is 0. The molecule has 0 fully saturated rings. The lowest BCUT2D eigenvalue weighted by Crippen LogP contribution is -2.30. The third kappa shape index (κ3) is 76.9. The van der Waals surface area contributed by atoms with Crippen LogP contribution >= 0.6 is 15.6 Å². The van der Waals surface area contributed by atoms with Gasteiger partial charge in [0, 0.05) is 19.3 Å².